The molecule has 0 aromatic carbocycles. The minimum absolute atomic E-state index is 0.540. The SMILES string of the molecule is OC(c1ccco1)c1cc(Cl)cs1. The van der Waals surface area contributed by atoms with Gasteiger partial charge in [-0.25, -0.2) is 0 Å². The molecule has 68 valence electrons. The van der Waals surface area contributed by atoms with Gasteiger partial charge in [-0.3, -0.25) is 0 Å². The van der Waals surface area contributed by atoms with Crippen LogP contribution in [-0.4, -0.2) is 5.11 Å². The second kappa shape index (κ2) is 3.54. The number of aliphatic hydroxyl groups is 1. The molecule has 0 radical (unpaired) electrons. The molecular formula is C9H7ClO2S. The molecule has 0 fully saturated rings. The maximum Gasteiger partial charge on any atom is 0.146 e. The van der Waals surface area contributed by atoms with Gasteiger partial charge in [0.2, 0.25) is 0 Å². The fraction of sp³-hybridized carbons (Fsp3) is 0.111. The van der Waals surface area contributed by atoms with E-state index in [0.717, 1.165) is 4.88 Å². The highest BCUT2D eigenvalue weighted by Crippen LogP contribution is 2.29. The molecule has 4 heteroatoms. The lowest BCUT2D eigenvalue weighted by Crippen LogP contribution is -1.93. The van der Waals surface area contributed by atoms with E-state index < -0.39 is 6.10 Å². The van der Waals surface area contributed by atoms with Gasteiger partial charge in [-0.1, -0.05) is 11.6 Å². The van der Waals surface area contributed by atoms with Crippen LogP contribution in [0.4, 0.5) is 0 Å². The van der Waals surface area contributed by atoms with Crippen molar-refractivity contribution in [1.82, 2.24) is 0 Å². The molecular weight excluding hydrogens is 208 g/mol. The summed E-state index contributed by atoms with van der Waals surface area (Å²) in [6.45, 7) is 0. The highest BCUT2D eigenvalue weighted by Gasteiger charge is 2.14. The summed E-state index contributed by atoms with van der Waals surface area (Å²) in [5, 5.41) is 12.2. The van der Waals surface area contributed by atoms with Gasteiger partial charge in [-0.2, -0.15) is 0 Å². The fourth-order valence-corrected chi connectivity index (χ4v) is 2.13. The molecule has 2 nitrogen and oxygen atoms in total. The number of aliphatic hydroxyl groups excluding tert-OH is 1. The molecule has 0 saturated heterocycles. The molecule has 13 heavy (non-hydrogen) atoms. The van der Waals surface area contributed by atoms with Gasteiger partial charge in [0.15, 0.2) is 0 Å². The summed E-state index contributed by atoms with van der Waals surface area (Å²) in [4.78, 5) is 0.792. The smallest absolute Gasteiger partial charge is 0.146 e. The van der Waals surface area contributed by atoms with Crippen LogP contribution in [-0.2, 0) is 0 Å². The Morgan fingerprint density at radius 3 is 2.92 bits per heavy atom. The zero-order chi connectivity index (χ0) is 9.26. The zero-order valence-corrected chi connectivity index (χ0v) is 8.18. The average molecular weight is 215 g/mol. The largest absolute Gasteiger partial charge is 0.466 e. The molecule has 2 aromatic heterocycles. The van der Waals surface area contributed by atoms with Crippen molar-refractivity contribution in [3.8, 4) is 0 Å². The lowest BCUT2D eigenvalue weighted by atomic mass is 10.2. The van der Waals surface area contributed by atoms with Crippen LogP contribution >= 0.6 is 22.9 Å². The van der Waals surface area contributed by atoms with Crippen LogP contribution in [0.15, 0.2) is 34.3 Å². The van der Waals surface area contributed by atoms with Crippen molar-refractivity contribution in [3.05, 3.63) is 45.5 Å². The van der Waals surface area contributed by atoms with E-state index in [1.807, 2.05) is 0 Å². The van der Waals surface area contributed by atoms with Gasteiger partial charge in [-0.05, 0) is 18.2 Å². The number of hydrogen-bond acceptors (Lipinski definition) is 3. The topological polar surface area (TPSA) is 33.4 Å². The predicted octanol–water partition coefficient (Wildman–Crippen LogP) is 3.08. The van der Waals surface area contributed by atoms with Crippen LogP contribution in [0.25, 0.3) is 0 Å². The van der Waals surface area contributed by atoms with Gasteiger partial charge in [0, 0.05) is 10.3 Å². The van der Waals surface area contributed by atoms with E-state index in [4.69, 9.17) is 16.0 Å². The summed E-state index contributed by atoms with van der Waals surface area (Å²) >= 11 is 7.15. The van der Waals surface area contributed by atoms with Crippen LogP contribution in [0.3, 0.4) is 0 Å². The number of furan rings is 1. The minimum atomic E-state index is -0.701. The lowest BCUT2D eigenvalue weighted by molar-refractivity contribution is 0.193. The number of hydrogen-bond donors (Lipinski definition) is 1. The van der Waals surface area contributed by atoms with E-state index in [0.29, 0.717) is 10.8 Å². The van der Waals surface area contributed by atoms with Crippen LogP contribution < -0.4 is 0 Å². The molecule has 0 aliphatic heterocycles. The van der Waals surface area contributed by atoms with Crippen LogP contribution in [0.2, 0.25) is 5.02 Å². The Hall–Kier alpha value is -0.770. The normalized spacial score (nSPS) is 13.1. The highest BCUT2D eigenvalue weighted by molar-refractivity contribution is 7.10. The first kappa shape index (κ1) is 8.81. The van der Waals surface area contributed by atoms with E-state index in [9.17, 15) is 5.11 Å². The van der Waals surface area contributed by atoms with Crippen LogP contribution in [0.1, 0.15) is 16.7 Å². The van der Waals surface area contributed by atoms with E-state index in [1.165, 1.54) is 17.6 Å². The van der Waals surface area contributed by atoms with Gasteiger partial charge in [0.1, 0.15) is 11.9 Å². The summed E-state index contributed by atoms with van der Waals surface area (Å²) in [7, 11) is 0. The summed E-state index contributed by atoms with van der Waals surface area (Å²) in [6.07, 6.45) is 0.834. The Bertz CT molecular complexity index is 380. The Morgan fingerprint density at radius 2 is 2.38 bits per heavy atom. The highest BCUT2D eigenvalue weighted by atomic mass is 35.5. The van der Waals surface area contributed by atoms with Crippen molar-refractivity contribution in [2.45, 2.75) is 6.10 Å². The van der Waals surface area contributed by atoms with Crippen LogP contribution in [0.5, 0.6) is 0 Å². The molecule has 0 aliphatic rings. The van der Waals surface area contributed by atoms with Gasteiger partial charge in [0.25, 0.3) is 0 Å². The second-order valence-electron chi connectivity index (χ2n) is 2.59. The molecule has 0 bridgehead atoms. The molecule has 2 aromatic rings. The minimum Gasteiger partial charge on any atom is -0.466 e. The maximum absolute atomic E-state index is 9.75. The Kier molecular flexibility index (Phi) is 2.40. The Balaban J connectivity index is 2.28. The first-order valence-electron chi connectivity index (χ1n) is 3.73. The molecule has 0 aliphatic carbocycles. The molecule has 1 atom stereocenters. The number of halogens is 1. The van der Waals surface area contributed by atoms with Crippen molar-refractivity contribution in [1.29, 1.82) is 0 Å². The third-order valence-corrected chi connectivity index (χ3v) is 3.00. The summed E-state index contributed by atoms with van der Waals surface area (Å²) in [5.74, 6) is 0.540. The maximum atomic E-state index is 9.75. The Labute approximate surface area is 84.4 Å². The van der Waals surface area contributed by atoms with Crippen molar-refractivity contribution in [2.75, 3.05) is 0 Å². The van der Waals surface area contributed by atoms with Crippen molar-refractivity contribution in [2.24, 2.45) is 0 Å². The summed E-state index contributed by atoms with van der Waals surface area (Å²) in [6, 6.07) is 5.21. The standard InChI is InChI=1S/C9H7ClO2S/c10-6-4-8(13-5-6)9(11)7-2-1-3-12-7/h1-5,9,11H. The monoisotopic (exact) mass is 214 g/mol. The van der Waals surface area contributed by atoms with E-state index in [-0.39, 0.29) is 0 Å². The zero-order valence-electron chi connectivity index (χ0n) is 6.61. The quantitative estimate of drug-likeness (QED) is 0.834. The van der Waals surface area contributed by atoms with Gasteiger partial charge in [0.05, 0.1) is 11.3 Å². The van der Waals surface area contributed by atoms with Crippen molar-refractivity contribution >= 4 is 22.9 Å². The van der Waals surface area contributed by atoms with Crippen LogP contribution in [0, 0.1) is 0 Å². The van der Waals surface area contributed by atoms with Gasteiger partial charge < -0.3 is 9.52 Å². The molecule has 1 unspecified atom stereocenters. The van der Waals surface area contributed by atoms with Gasteiger partial charge >= 0.3 is 0 Å². The number of thiophene rings is 1. The van der Waals surface area contributed by atoms with Crippen molar-refractivity contribution in [3.63, 3.8) is 0 Å². The molecule has 0 spiro atoms. The van der Waals surface area contributed by atoms with E-state index >= 15 is 0 Å². The molecule has 2 heterocycles. The van der Waals surface area contributed by atoms with E-state index in [2.05, 4.69) is 0 Å². The number of rotatable bonds is 2. The first-order chi connectivity index (χ1) is 6.27. The summed E-state index contributed by atoms with van der Waals surface area (Å²) < 4.78 is 5.07. The molecule has 0 amide bonds. The van der Waals surface area contributed by atoms with Crippen molar-refractivity contribution < 1.29 is 9.52 Å². The molecule has 0 saturated carbocycles. The fourth-order valence-electron chi connectivity index (χ4n) is 1.06. The second-order valence-corrected chi connectivity index (χ2v) is 3.96. The summed E-state index contributed by atoms with van der Waals surface area (Å²) in [5.41, 5.74) is 0. The Morgan fingerprint density at radius 1 is 1.54 bits per heavy atom. The average Bonchev–Trinajstić information content (AvgIpc) is 2.72. The first-order valence-corrected chi connectivity index (χ1v) is 4.98. The predicted molar refractivity (Wildman–Crippen MR) is 52.1 cm³/mol. The molecule has 2 rings (SSSR count). The lowest BCUT2D eigenvalue weighted by Gasteiger charge is -2.02. The van der Waals surface area contributed by atoms with Gasteiger partial charge in [-0.15, -0.1) is 11.3 Å². The molecule has 1 N–H and O–H groups in total. The third kappa shape index (κ3) is 1.77. The third-order valence-electron chi connectivity index (χ3n) is 1.67. The van der Waals surface area contributed by atoms with E-state index in [1.54, 1.807) is 23.6 Å².